The van der Waals surface area contributed by atoms with Gasteiger partial charge in [-0.1, -0.05) is 46.9 Å². The molecule has 0 aliphatic carbocycles. The molecule has 0 spiro atoms. The molecule has 1 heterocycles. The van der Waals surface area contributed by atoms with Crippen molar-refractivity contribution in [3.8, 4) is 22.1 Å². The van der Waals surface area contributed by atoms with E-state index >= 15 is 0 Å². The Hall–Kier alpha value is -2.96. The first-order chi connectivity index (χ1) is 17.9. The summed E-state index contributed by atoms with van der Waals surface area (Å²) in [6.45, 7) is 2.83. The summed E-state index contributed by atoms with van der Waals surface area (Å²) in [5.41, 5.74) is 6.00. The molecular weight excluding hydrogens is 547 g/mol. The molecule has 5 aromatic rings. The Labute approximate surface area is 234 Å². The third-order valence-electron chi connectivity index (χ3n) is 5.88. The minimum Gasteiger partial charge on any atom is -0.493 e. The van der Waals surface area contributed by atoms with Crippen LogP contribution >= 0.6 is 46.1 Å². The van der Waals surface area contributed by atoms with Gasteiger partial charge in [0.15, 0.2) is 11.5 Å². The topological polar surface area (TPSA) is 43.4 Å². The van der Waals surface area contributed by atoms with Gasteiger partial charge in [-0.15, -0.1) is 11.3 Å². The minimum absolute atomic E-state index is 0.173. The molecule has 0 fully saturated rings. The van der Waals surface area contributed by atoms with Crippen LogP contribution in [0.25, 0.3) is 20.8 Å². The molecule has 4 aromatic carbocycles. The van der Waals surface area contributed by atoms with Crippen LogP contribution in [0.3, 0.4) is 0 Å². The lowest BCUT2D eigenvalue weighted by Gasteiger charge is -2.16. The van der Waals surface area contributed by atoms with Crippen molar-refractivity contribution in [2.75, 3.05) is 12.4 Å². The predicted molar refractivity (Wildman–Crippen MR) is 156 cm³/mol. The summed E-state index contributed by atoms with van der Waals surface area (Å²) < 4.78 is 12.7. The molecule has 188 valence electrons. The Bertz CT molecular complexity index is 1550. The number of ether oxygens (including phenoxy) is 2. The van der Waals surface area contributed by atoms with Crippen LogP contribution in [0, 0.1) is 6.92 Å². The number of anilines is 1. The van der Waals surface area contributed by atoms with E-state index in [2.05, 4.69) is 54.7 Å². The lowest BCUT2D eigenvalue weighted by atomic mass is 10.1. The molecule has 0 amide bonds. The maximum absolute atomic E-state index is 6.57. The highest BCUT2D eigenvalue weighted by Crippen LogP contribution is 2.38. The molecule has 0 saturated heterocycles. The zero-order valence-corrected chi connectivity index (χ0v) is 23.2. The zero-order valence-electron chi connectivity index (χ0n) is 20.1. The number of thiazole rings is 1. The summed E-state index contributed by atoms with van der Waals surface area (Å²) >= 11 is 20.8. The molecule has 0 aliphatic heterocycles. The number of hydrogen-bond donors (Lipinski definition) is 1. The average Bonchev–Trinajstić information content (AvgIpc) is 3.31. The highest BCUT2D eigenvalue weighted by Gasteiger charge is 2.15. The Balaban J connectivity index is 1.26. The predicted octanol–water partition coefficient (Wildman–Crippen LogP) is 9.43. The number of nitrogens with zero attached hydrogens (tertiary/aromatic N) is 1. The standard InChI is InChI=1S/C29H23Cl3N2O2S/c1-17-6-11-25-27(12-17)37-29(34-25)19-7-9-20(10-8-19)33-15-18-13-24(32)28(26(14-18)35-2)36-16-21-22(30)4-3-5-23(21)31/h3-14,33H,15-16H2,1-2H3. The molecule has 4 nitrogen and oxygen atoms in total. The lowest BCUT2D eigenvalue weighted by Crippen LogP contribution is -2.03. The Kier molecular flexibility index (Phi) is 7.77. The lowest BCUT2D eigenvalue weighted by molar-refractivity contribution is 0.284. The highest BCUT2D eigenvalue weighted by atomic mass is 35.5. The van der Waals surface area contributed by atoms with E-state index < -0.39 is 0 Å². The summed E-state index contributed by atoms with van der Waals surface area (Å²) in [5.74, 6) is 0.980. The van der Waals surface area contributed by atoms with Gasteiger partial charge in [0.2, 0.25) is 0 Å². The quantitative estimate of drug-likeness (QED) is 0.202. The van der Waals surface area contributed by atoms with Gasteiger partial charge in [0.25, 0.3) is 0 Å². The van der Waals surface area contributed by atoms with Crippen LogP contribution in [0.2, 0.25) is 15.1 Å². The third kappa shape index (κ3) is 5.81. The highest BCUT2D eigenvalue weighted by molar-refractivity contribution is 7.21. The number of hydrogen-bond acceptors (Lipinski definition) is 5. The van der Waals surface area contributed by atoms with Gasteiger partial charge in [-0.3, -0.25) is 0 Å². The molecule has 0 aliphatic rings. The van der Waals surface area contributed by atoms with Crippen molar-refractivity contribution in [3.63, 3.8) is 0 Å². The average molecular weight is 570 g/mol. The van der Waals surface area contributed by atoms with Crippen molar-refractivity contribution in [2.24, 2.45) is 0 Å². The van der Waals surface area contributed by atoms with Crippen molar-refractivity contribution < 1.29 is 9.47 Å². The van der Waals surface area contributed by atoms with Crippen molar-refractivity contribution in [1.82, 2.24) is 4.98 Å². The second-order valence-electron chi connectivity index (χ2n) is 8.52. The van der Waals surface area contributed by atoms with Gasteiger partial charge in [0.1, 0.15) is 11.6 Å². The van der Waals surface area contributed by atoms with Crippen LogP contribution in [-0.4, -0.2) is 12.1 Å². The van der Waals surface area contributed by atoms with Crippen molar-refractivity contribution in [3.05, 3.63) is 105 Å². The fourth-order valence-corrected chi connectivity index (χ4v) is 5.78. The zero-order chi connectivity index (χ0) is 25.9. The molecule has 0 atom stereocenters. The molecule has 1 N–H and O–H groups in total. The van der Waals surface area contributed by atoms with Crippen LogP contribution in [0.4, 0.5) is 5.69 Å². The van der Waals surface area contributed by atoms with Gasteiger partial charge in [-0.2, -0.15) is 0 Å². The molecule has 37 heavy (non-hydrogen) atoms. The van der Waals surface area contributed by atoms with Gasteiger partial charge in [-0.25, -0.2) is 4.98 Å². The number of methoxy groups -OCH3 is 1. The number of rotatable bonds is 8. The van der Waals surface area contributed by atoms with Crippen LogP contribution in [0.1, 0.15) is 16.7 Å². The second kappa shape index (κ2) is 11.2. The number of aryl methyl sites for hydroxylation is 1. The molecule has 1 aromatic heterocycles. The van der Waals surface area contributed by atoms with Gasteiger partial charge in [0.05, 0.1) is 22.3 Å². The number of benzene rings is 4. The van der Waals surface area contributed by atoms with E-state index in [-0.39, 0.29) is 6.61 Å². The fourth-order valence-electron chi connectivity index (χ4n) is 3.92. The van der Waals surface area contributed by atoms with E-state index in [4.69, 9.17) is 49.3 Å². The van der Waals surface area contributed by atoms with E-state index in [1.54, 1.807) is 36.6 Å². The van der Waals surface area contributed by atoms with Crippen LogP contribution < -0.4 is 14.8 Å². The number of aromatic nitrogens is 1. The maximum atomic E-state index is 6.57. The van der Waals surface area contributed by atoms with Crippen molar-refractivity contribution >= 4 is 62.0 Å². The minimum atomic E-state index is 0.173. The first-order valence-corrected chi connectivity index (χ1v) is 13.5. The van der Waals surface area contributed by atoms with E-state index in [1.165, 1.54) is 10.3 Å². The fraction of sp³-hybridized carbons (Fsp3) is 0.138. The van der Waals surface area contributed by atoms with Crippen molar-refractivity contribution in [2.45, 2.75) is 20.1 Å². The van der Waals surface area contributed by atoms with Crippen LogP contribution in [0.15, 0.2) is 72.8 Å². The summed E-state index contributed by atoms with van der Waals surface area (Å²) in [4.78, 5) is 4.77. The monoisotopic (exact) mass is 568 g/mol. The summed E-state index contributed by atoms with van der Waals surface area (Å²) in [6, 6.07) is 23.7. The number of fused-ring (bicyclic) bond motifs is 1. The normalized spacial score (nSPS) is 11.1. The summed E-state index contributed by atoms with van der Waals surface area (Å²) in [5, 5.41) is 5.96. The molecule has 0 saturated carbocycles. The Morgan fingerprint density at radius 2 is 1.65 bits per heavy atom. The van der Waals surface area contributed by atoms with Crippen LogP contribution in [0.5, 0.6) is 11.5 Å². The van der Waals surface area contributed by atoms with Gasteiger partial charge >= 0.3 is 0 Å². The number of halogens is 3. The SMILES string of the molecule is COc1cc(CNc2ccc(-c3nc4ccc(C)cc4s3)cc2)cc(Cl)c1OCc1c(Cl)cccc1Cl. The largest absolute Gasteiger partial charge is 0.493 e. The van der Waals surface area contributed by atoms with Crippen molar-refractivity contribution in [1.29, 1.82) is 0 Å². The molecule has 0 unspecified atom stereocenters. The van der Waals surface area contributed by atoms with Crippen LogP contribution in [-0.2, 0) is 13.2 Å². The van der Waals surface area contributed by atoms with E-state index in [1.807, 2.05) is 12.1 Å². The molecular formula is C29H23Cl3N2O2S. The second-order valence-corrected chi connectivity index (χ2v) is 10.8. The number of nitrogens with one attached hydrogen (secondary N) is 1. The molecule has 5 rings (SSSR count). The Morgan fingerprint density at radius 3 is 2.38 bits per heavy atom. The van der Waals surface area contributed by atoms with Gasteiger partial charge in [-0.05, 0) is 78.7 Å². The molecule has 0 bridgehead atoms. The van der Waals surface area contributed by atoms with E-state index in [9.17, 15) is 0 Å². The smallest absolute Gasteiger partial charge is 0.180 e. The maximum Gasteiger partial charge on any atom is 0.180 e. The summed E-state index contributed by atoms with van der Waals surface area (Å²) in [7, 11) is 1.58. The first-order valence-electron chi connectivity index (χ1n) is 11.5. The Morgan fingerprint density at radius 1 is 0.892 bits per heavy atom. The van der Waals surface area contributed by atoms with E-state index in [0.717, 1.165) is 27.3 Å². The van der Waals surface area contributed by atoms with Gasteiger partial charge < -0.3 is 14.8 Å². The van der Waals surface area contributed by atoms with E-state index in [0.29, 0.717) is 38.7 Å². The molecule has 0 radical (unpaired) electrons. The molecule has 8 heteroatoms. The summed E-state index contributed by atoms with van der Waals surface area (Å²) in [6.07, 6.45) is 0. The third-order valence-corrected chi connectivity index (χ3v) is 7.94. The first kappa shape index (κ1) is 25.7. The van der Waals surface area contributed by atoms with Gasteiger partial charge in [0, 0.05) is 33.4 Å².